The lowest BCUT2D eigenvalue weighted by atomic mass is 9.77. The van der Waals surface area contributed by atoms with Gasteiger partial charge in [-0.2, -0.15) is 0 Å². The number of imidazole rings is 1. The number of aromatic nitrogens is 6. The molecule has 0 saturated heterocycles. The Kier molecular flexibility index (Phi) is 8.83. The molecule has 5 aromatic carbocycles. The molecule has 0 spiro atoms. The van der Waals surface area contributed by atoms with Gasteiger partial charge in [-0.25, -0.2) is 4.98 Å². The maximum Gasteiger partial charge on any atom is 0.205 e. The van der Waals surface area contributed by atoms with Gasteiger partial charge in [-0.3, -0.25) is 4.79 Å². The zero-order valence-electron chi connectivity index (χ0n) is 26.9. The molecule has 0 fully saturated rings. The summed E-state index contributed by atoms with van der Waals surface area (Å²) in [4.78, 5) is 17.8. The number of tetrazole rings is 1. The fourth-order valence-electron chi connectivity index (χ4n) is 6.51. The van der Waals surface area contributed by atoms with E-state index in [4.69, 9.17) is 15.4 Å². The number of aryl methyl sites for hydroxylation is 1. The number of hydrogen-bond donors (Lipinski definition) is 0. The van der Waals surface area contributed by atoms with E-state index in [0.29, 0.717) is 18.2 Å². The standard InChI is InChI=1S/C41H36N6O/c1-2-3-21-36-28-42-39(30-48)46(36)29-31-24-26-32(27-25-31)37-22-13-14-23-38(37)40-43-45-47(44-40)41(33-15-7-4-8-16-33,34-17-9-5-10-18-34)35-19-11-6-12-20-35/h4-20,22-28,30H,2-3,21,29H2,1H3. The number of hydrogen-bond acceptors (Lipinski definition) is 5. The van der Waals surface area contributed by atoms with Gasteiger partial charge in [0.15, 0.2) is 17.6 Å². The van der Waals surface area contributed by atoms with Crippen LogP contribution in [0.1, 0.15) is 58.3 Å². The molecular weight excluding hydrogens is 592 g/mol. The van der Waals surface area contributed by atoms with E-state index in [-0.39, 0.29) is 0 Å². The topological polar surface area (TPSA) is 78.5 Å². The second-order valence-corrected chi connectivity index (χ2v) is 11.9. The zero-order valence-corrected chi connectivity index (χ0v) is 26.9. The van der Waals surface area contributed by atoms with Crippen LogP contribution < -0.4 is 0 Å². The van der Waals surface area contributed by atoms with Crippen LogP contribution in [-0.2, 0) is 18.5 Å². The molecule has 0 aliphatic heterocycles. The van der Waals surface area contributed by atoms with Crippen molar-refractivity contribution in [3.05, 3.63) is 179 Å². The average molecular weight is 629 g/mol. The van der Waals surface area contributed by atoms with Crippen molar-refractivity contribution in [1.82, 2.24) is 29.8 Å². The lowest BCUT2D eigenvalue weighted by Crippen LogP contribution is -2.39. The summed E-state index contributed by atoms with van der Waals surface area (Å²) in [5, 5.41) is 14.6. The third kappa shape index (κ3) is 5.75. The van der Waals surface area contributed by atoms with E-state index >= 15 is 0 Å². The van der Waals surface area contributed by atoms with Crippen LogP contribution in [0.3, 0.4) is 0 Å². The Balaban J connectivity index is 1.28. The van der Waals surface area contributed by atoms with Crippen molar-refractivity contribution < 1.29 is 4.79 Å². The zero-order chi connectivity index (χ0) is 32.8. The summed E-state index contributed by atoms with van der Waals surface area (Å²) in [6.07, 6.45) is 5.71. The van der Waals surface area contributed by atoms with E-state index in [1.165, 1.54) is 0 Å². The van der Waals surface area contributed by atoms with E-state index in [9.17, 15) is 4.79 Å². The highest BCUT2D eigenvalue weighted by atomic mass is 16.1. The Morgan fingerprint density at radius 2 is 1.25 bits per heavy atom. The quantitative estimate of drug-likeness (QED) is 0.101. The Morgan fingerprint density at radius 1 is 0.688 bits per heavy atom. The molecule has 0 saturated carbocycles. The highest BCUT2D eigenvalue weighted by Crippen LogP contribution is 2.40. The Hall–Kier alpha value is -5.95. The van der Waals surface area contributed by atoms with Crippen molar-refractivity contribution in [2.45, 2.75) is 38.3 Å². The number of rotatable bonds is 12. The first-order valence-corrected chi connectivity index (χ1v) is 16.4. The van der Waals surface area contributed by atoms with Gasteiger partial charge in [0.05, 0.1) is 0 Å². The summed E-state index contributed by atoms with van der Waals surface area (Å²) in [5.74, 6) is 0.999. The third-order valence-corrected chi connectivity index (χ3v) is 8.92. The molecule has 7 aromatic rings. The summed E-state index contributed by atoms with van der Waals surface area (Å²) in [6, 6.07) is 47.7. The number of aldehydes is 1. The molecule has 0 radical (unpaired) electrons. The smallest absolute Gasteiger partial charge is 0.205 e. The predicted molar refractivity (Wildman–Crippen MR) is 189 cm³/mol. The monoisotopic (exact) mass is 628 g/mol. The van der Waals surface area contributed by atoms with Crippen molar-refractivity contribution >= 4 is 6.29 Å². The van der Waals surface area contributed by atoms with Gasteiger partial charge in [0.25, 0.3) is 0 Å². The molecule has 0 amide bonds. The van der Waals surface area contributed by atoms with Gasteiger partial charge in [-0.1, -0.05) is 153 Å². The molecule has 0 unspecified atom stereocenters. The van der Waals surface area contributed by atoms with E-state index in [1.54, 1.807) is 4.80 Å². The molecule has 7 heteroatoms. The van der Waals surface area contributed by atoms with Crippen LogP contribution >= 0.6 is 0 Å². The van der Waals surface area contributed by atoms with E-state index in [2.05, 4.69) is 78.6 Å². The summed E-state index contributed by atoms with van der Waals surface area (Å²) in [7, 11) is 0. The lowest BCUT2D eigenvalue weighted by Gasteiger charge is -2.34. The highest BCUT2D eigenvalue weighted by molar-refractivity contribution is 5.80. The first kappa shape index (κ1) is 30.7. The normalized spacial score (nSPS) is 11.4. The van der Waals surface area contributed by atoms with Crippen LogP contribution in [0, 0.1) is 0 Å². The molecule has 236 valence electrons. The number of carbonyl (C=O) groups excluding carboxylic acids is 1. The van der Waals surface area contributed by atoms with Gasteiger partial charge in [0.1, 0.15) is 0 Å². The molecule has 7 rings (SSSR count). The molecule has 48 heavy (non-hydrogen) atoms. The van der Waals surface area contributed by atoms with Crippen LogP contribution in [0.5, 0.6) is 0 Å². The van der Waals surface area contributed by atoms with Gasteiger partial charge in [0.2, 0.25) is 5.82 Å². The maximum atomic E-state index is 11.7. The Bertz CT molecular complexity index is 2010. The lowest BCUT2D eigenvalue weighted by molar-refractivity contribution is 0.111. The minimum Gasteiger partial charge on any atom is -0.321 e. The molecule has 0 aliphatic rings. The summed E-state index contributed by atoms with van der Waals surface area (Å²) in [6.45, 7) is 2.76. The summed E-state index contributed by atoms with van der Waals surface area (Å²) >= 11 is 0. The minimum atomic E-state index is -0.852. The first-order valence-electron chi connectivity index (χ1n) is 16.4. The summed E-state index contributed by atoms with van der Waals surface area (Å²) in [5.41, 5.74) is 7.36. The van der Waals surface area contributed by atoms with Crippen molar-refractivity contribution in [3.8, 4) is 22.5 Å². The molecule has 0 atom stereocenters. The molecule has 2 heterocycles. The van der Waals surface area contributed by atoms with E-state index in [1.807, 2.05) is 83.6 Å². The molecule has 0 N–H and O–H groups in total. The summed E-state index contributed by atoms with van der Waals surface area (Å²) < 4.78 is 2.02. The van der Waals surface area contributed by atoms with Crippen LogP contribution in [0.4, 0.5) is 0 Å². The Morgan fingerprint density at radius 3 is 1.81 bits per heavy atom. The average Bonchev–Trinajstić information content (AvgIpc) is 3.80. The van der Waals surface area contributed by atoms with Crippen molar-refractivity contribution in [3.63, 3.8) is 0 Å². The van der Waals surface area contributed by atoms with Gasteiger partial charge in [-0.05, 0) is 51.4 Å². The van der Waals surface area contributed by atoms with Gasteiger partial charge >= 0.3 is 0 Å². The highest BCUT2D eigenvalue weighted by Gasteiger charge is 2.41. The fraction of sp³-hybridized carbons (Fsp3) is 0.146. The number of nitrogens with zero attached hydrogens (tertiary/aromatic N) is 6. The molecule has 0 aliphatic carbocycles. The number of carbonyl (C=O) groups is 1. The van der Waals surface area contributed by atoms with Crippen molar-refractivity contribution in [1.29, 1.82) is 0 Å². The fourth-order valence-corrected chi connectivity index (χ4v) is 6.51. The number of benzene rings is 5. The molecule has 2 aromatic heterocycles. The van der Waals surface area contributed by atoms with Crippen LogP contribution in [-0.4, -0.2) is 36.0 Å². The van der Waals surface area contributed by atoms with Crippen molar-refractivity contribution in [2.24, 2.45) is 0 Å². The molecule has 0 bridgehead atoms. The molecule has 7 nitrogen and oxygen atoms in total. The van der Waals surface area contributed by atoms with Crippen LogP contribution in [0.15, 0.2) is 146 Å². The van der Waals surface area contributed by atoms with Crippen LogP contribution in [0.25, 0.3) is 22.5 Å². The largest absolute Gasteiger partial charge is 0.321 e. The minimum absolute atomic E-state index is 0.460. The second kappa shape index (κ2) is 13.8. The number of unbranched alkanes of at least 4 members (excludes halogenated alkanes) is 1. The van der Waals surface area contributed by atoms with E-state index < -0.39 is 5.54 Å². The SMILES string of the molecule is CCCCc1cnc(C=O)n1Cc1ccc(-c2ccccc2-c2nnn(C(c3ccccc3)(c3ccccc3)c3ccccc3)n2)cc1. The Labute approximate surface area is 280 Å². The van der Waals surface area contributed by atoms with Crippen molar-refractivity contribution in [2.75, 3.05) is 0 Å². The van der Waals surface area contributed by atoms with Crippen LogP contribution in [0.2, 0.25) is 0 Å². The van der Waals surface area contributed by atoms with Gasteiger partial charge < -0.3 is 4.57 Å². The first-order chi connectivity index (χ1) is 23.7. The van der Waals surface area contributed by atoms with Gasteiger partial charge in [-0.15, -0.1) is 15.0 Å². The van der Waals surface area contributed by atoms with E-state index in [0.717, 1.165) is 70.2 Å². The van der Waals surface area contributed by atoms with Gasteiger partial charge in [0, 0.05) is 24.0 Å². The predicted octanol–water partition coefficient (Wildman–Crippen LogP) is 8.25. The maximum absolute atomic E-state index is 11.7. The third-order valence-electron chi connectivity index (χ3n) is 8.92. The second-order valence-electron chi connectivity index (χ2n) is 11.9. The molecular formula is C41H36N6O.